The summed E-state index contributed by atoms with van der Waals surface area (Å²) >= 11 is 0. The number of carbonyl (C=O) groups excluding carboxylic acids is 2. The number of likely N-dealkylation sites (tertiary alicyclic amines) is 1. The number of benzene rings is 1. The third kappa shape index (κ3) is 4.36. The quantitative estimate of drug-likeness (QED) is 0.738. The molecule has 0 radical (unpaired) electrons. The van der Waals surface area contributed by atoms with Crippen molar-refractivity contribution in [3.63, 3.8) is 0 Å². The van der Waals surface area contributed by atoms with Crippen LogP contribution in [0.1, 0.15) is 42.6 Å². The Hall–Kier alpha value is -2.51. The maximum absolute atomic E-state index is 13.2. The number of morpholine rings is 1. The Morgan fingerprint density at radius 1 is 1.00 bits per heavy atom. The summed E-state index contributed by atoms with van der Waals surface area (Å²) in [5.74, 6) is 0.581. The van der Waals surface area contributed by atoms with Crippen LogP contribution in [0.2, 0.25) is 0 Å². The molecule has 32 heavy (non-hydrogen) atoms. The molecule has 0 bridgehead atoms. The monoisotopic (exact) mass is 437 g/mol. The van der Waals surface area contributed by atoms with E-state index in [1.165, 1.54) is 0 Å². The Morgan fingerprint density at radius 2 is 1.78 bits per heavy atom. The van der Waals surface area contributed by atoms with Gasteiger partial charge in [-0.2, -0.15) is 0 Å². The number of fused-ring (bicyclic) bond motifs is 1. The fraction of sp³-hybridized carbons (Fsp3) is 0.560. The summed E-state index contributed by atoms with van der Waals surface area (Å²) in [7, 11) is 0. The zero-order valence-electron chi connectivity index (χ0n) is 18.5. The Bertz CT molecular complexity index is 975. The predicted molar refractivity (Wildman–Crippen MR) is 120 cm³/mol. The molecule has 2 aromatic rings. The van der Waals surface area contributed by atoms with Crippen LogP contribution in [0.5, 0.6) is 0 Å². The molecule has 4 heterocycles. The lowest BCUT2D eigenvalue weighted by Crippen LogP contribution is -2.51. The minimum Gasteiger partial charge on any atom is -0.378 e. The lowest BCUT2D eigenvalue weighted by atomic mass is 9.78. The minimum atomic E-state index is -0.211. The van der Waals surface area contributed by atoms with Crippen LogP contribution in [0, 0.1) is 5.92 Å². The van der Waals surface area contributed by atoms with Gasteiger partial charge >= 0.3 is 0 Å². The van der Waals surface area contributed by atoms with Crippen molar-refractivity contribution in [1.29, 1.82) is 0 Å². The highest BCUT2D eigenvalue weighted by Gasteiger charge is 2.42. The number of piperidine rings is 1. The van der Waals surface area contributed by atoms with E-state index in [-0.39, 0.29) is 17.4 Å². The van der Waals surface area contributed by atoms with E-state index in [0.717, 1.165) is 36.5 Å². The largest absolute Gasteiger partial charge is 0.378 e. The molecule has 3 saturated heterocycles. The average Bonchev–Trinajstić information content (AvgIpc) is 2.84. The molecule has 7 nitrogen and oxygen atoms in total. The molecule has 170 valence electrons. The van der Waals surface area contributed by atoms with Crippen LogP contribution in [-0.4, -0.2) is 78.2 Å². The van der Waals surface area contributed by atoms with Crippen molar-refractivity contribution < 1.29 is 19.1 Å². The first-order chi connectivity index (χ1) is 15.6. The lowest BCUT2D eigenvalue weighted by Gasteiger charge is -2.46. The molecule has 2 amide bonds. The van der Waals surface area contributed by atoms with Crippen molar-refractivity contribution in [2.75, 3.05) is 46.0 Å². The van der Waals surface area contributed by atoms with Gasteiger partial charge in [0.1, 0.15) is 5.69 Å². The van der Waals surface area contributed by atoms with Crippen LogP contribution in [0.3, 0.4) is 0 Å². The molecule has 1 aromatic carbocycles. The number of aromatic nitrogens is 1. The second-order valence-electron chi connectivity index (χ2n) is 9.26. The molecule has 5 rings (SSSR count). The molecule has 7 heteroatoms. The molecular formula is C25H31N3O4. The summed E-state index contributed by atoms with van der Waals surface area (Å²) in [6.45, 7) is 4.69. The molecule has 3 fully saturated rings. The van der Waals surface area contributed by atoms with Gasteiger partial charge in [-0.1, -0.05) is 24.3 Å². The van der Waals surface area contributed by atoms with Crippen molar-refractivity contribution in [2.24, 2.45) is 5.92 Å². The molecule has 1 spiro atoms. The molecular weight excluding hydrogens is 406 g/mol. The SMILES string of the molecule is O=C(CC1CCOC2(CCN(C(=O)c3nccc4ccccc34)CC2)C1)N1CCOCC1. The van der Waals surface area contributed by atoms with Crippen LogP contribution < -0.4 is 0 Å². The zero-order valence-corrected chi connectivity index (χ0v) is 18.5. The van der Waals surface area contributed by atoms with Crippen LogP contribution >= 0.6 is 0 Å². The summed E-state index contributed by atoms with van der Waals surface area (Å²) < 4.78 is 11.6. The van der Waals surface area contributed by atoms with Gasteiger partial charge in [0.15, 0.2) is 0 Å². The molecule has 0 N–H and O–H groups in total. The number of pyridine rings is 1. The van der Waals surface area contributed by atoms with Crippen molar-refractivity contribution in [3.05, 3.63) is 42.2 Å². The molecule has 1 aromatic heterocycles. The van der Waals surface area contributed by atoms with Crippen molar-refractivity contribution >= 4 is 22.6 Å². The van der Waals surface area contributed by atoms with Gasteiger partial charge in [0, 0.05) is 50.8 Å². The molecule has 1 atom stereocenters. The fourth-order valence-electron chi connectivity index (χ4n) is 5.40. The number of rotatable bonds is 3. The number of carbonyl (C=O) groups is 2. The van der Waals surface area contributed by atoms with Gasteiger partial charge in [0.25, 0.3) is 5.91 Å². The van der Waals surface area contributed by atoms with Crippen LogP contribution in [0.4, 0.5) is 0 Å². The first-order valence-electron chi connectivity index (χ1n) is 11.8. The van der Waals surface area contributed by atoms with E-state index in [0.29, 0.717) is 64.0 Å². The molecule has 3 aliphatic heterocycles. The van der Waals surface area contributed by atoms with Gasteiger partial charge in [-0.25, -0.2) is 0 Å². The predicted octanol–water partition coefficient (Wildman–Crippen LogP) is 2.89. The lowest BCUT2D eigenvalue weighted by molar-refractivity contribution is -0.143. The fourth-order valence-corrected chi connectivity index (χ4v) is 5.40. The maximum Gasteiger partial charge on any atom is 0.273 e. The Kier molecular flexibility index (Phi) is 6.11. The van der Waals surface area contributed by atoms with Crippen LogP contribution in [0.15, 0.2) is 36.5 Å². The zero-order chi connectivity index (χ0) is 22.0. The van der Waals surface area contributed by atoms with E-state index in [9.17, 15) is 9.59 Å². The number of hydrogen-bond donors (Lipinski definition) is 0. The van der Waals surface area contributed by atoms with E-state index in [1.807, 2.05) is 40.1 Å². The highest BCUT2D eigenvalue weighted by atomic mass is 16.5. The van der Waals surface area contributed by atoms with Gasteiger partial charge in [-0.15, -0.1) is 0 Å². The van der Waals surface area contributed by atoms with Gasteiger partial charge in [0.05, 0.1) is 18.8 Å². The Labute approximate surface area is 188 Å². The van der Waals surface area contributed by atoms with Crippen molar-refractivity contribution in [2.45, 2.75) is 37.7 Å². The smallest absolute Gasteiger partial charge is 0.273 e. The van der Waals surface area contributed by atoms with Gasteiger partial charge in [0.2, 0.25) is 5.91 Å². The van der Waals surface area contributed by atoms with E-state index in [2.05, 4.69) is 4.98 Å². The standard InChI is InChI=1S/C25H31N3O4/c29-22(27-12-15-31-16-13-27)17-19-6-14-32-25(18-19)7-10-28(11-8-25)24(30)23-21-4-2-1-3-20(21)5-9-26-23/h1-5,9,19H,6-8,10-18H2. The van der Waals surface area contributed by atoms with E-state index in [4.69, 9.17) is 9.47 Å². The summed E-state index contributed by atoms with van der Waals surface area (Å²) in [4.78, 5) is 34.2. The number of ether oxygens (including phenoxy) is 2. The Balaban J connectivity index is 1.20. The normalized spacial score (nSPS) is 23.4. The maximum atomic E-state index is 13.2. The first kappa shape index (κ1) is 21.3. The number of amides is 2. The second-order valence-corrected chi connectivity index (χ2v) is 9.26. The minimum absolute atomic E-state index is 0.00787. The van der Waals surface area contributed by atoms with Crippen LogP contribution in [0.25, 0.3) is 10.8 Å². The van der Waals surface area contributed by atoms with E-state index in [1.54, 1.807) is 6.20 Å². The molecule has 0 saturated carbocycles. The third-order valence-corrected chi connectivity index (χ3v) is 7.26. The van der Waals surface area contributed by atoms with Crippen LogP contribution in [-0.2, 0) is 14.3 Å². The summed E-state index contributed by atoms with van der Waals surface area (Å²) in [5.41, 5.74) is 0.314. The summed E-state index contributed by atoms with van der Waals surface area (Å²) in [5, 5.41) is 1.93. The van der Waals surface area contributed by atoms with Crippen molar-refractivity contribution in [1.82, 2.24) is 14.8 Å². The number of hydrogen-bond acceptors (Lipinski definition) is 5. The van der Waals surface area contributed by atoms with E-state index < -0.39 is 0 Å². The molecule has 0 aliphatic carbocycles. The number of nitrogens with zero attached hydrogens (tertiary/aromatic N) is 3. The second kappa shape index (κ2) is 9.16. The van der Waals surface area contributed by atoms with Crippen molar-refractivity contribution in [3.8, 4) is 0 Å². The summed E-state index contributed by atoms with van der Waals surface area (Å²) in [6, 6.07) is 9.82. The van der Waals surface area contributed by atoms with Gasteiger partial charge in [-0.05, 0) is 43.1 Å². The highest BCUT2D eigenvalue weighted by Crippen LogP contribution is 2.39. The topological polar surface area (TPSA) is 72.0 Å². The van der Waals surface area contributed by atoms with E-state index >= 15 is 0 Å². The van der Waals surface area contributed by atoms with Gasteiger partial charge < -0.3 is 19.3 Å². The molecule has 3 aliphatic rings. The third-order valence-electron chi connectivity index (χ3n) is 7.26. The molecule has 1 unspecified atom stereocenters. The first-order valence-corrected chi connectivity index (χ1v) is 11.8. The Morgan fingerprint density at radius 3 is 2.59 bits per heavy atom. The average molecular weight is 438 g/mol. The summed E-state index contributed by atoms with van der Waals surface area (Å²) in [6.07, 6.45) is 5.75. The highest BCUT2D eigenvalue weighted by molar-refractivity contribution is 6.05. The van der Waals surface area contributed by atoms with Gasteiger partial charge in [-0.3, -0.25) is 14.6 Å².